The highest BCUT2D eigenvalue weighted by Gasteiger charge is 2.68. The molecule has 2 fully saturated rings. The standard InChI is InChI=1S/C27H37NO7/c1-5-33-23(29)14-10-7-11-15-32-19-27-16-21(24(30)34-18-20-12-8-6-9-13-20)28(22(27)17-27)25(31)35-26(2,3)4/h6-9,11-13,21-22H,5,10,14-19H2,1-4H3/b11-7+/t21-,22?,27-/m0/s1. The highest BCUT2D eigenvalue weighted by atomic mass is 16.6. The fourth-order valence-electron chi connectivity index (χ4n) is 4.39. The summed E-state index contributed by atoms with van der Waals surface area (Å²) in [6.45, 7) is 8.57. The second kappa shape index (κ2) is 11.7. The van der Waals surface area contributed by atoms with Crippen molar-refractivity contribution in [3.8, 4) is 0 Å². The van der Waals surface area contributed by atoms with Gasteiger partial charge in [-0.2, -0.15) is 0 Å². The summed E-state index contributed by atoms with van der Waals surface area (Å²) in [6, 6.07) is 8.65. The summed E-state index contributed by atoms with van der Waals surface area (Å²) in [4.78, 5) is 38.9. The van der Waals surface area contributed by atoms with E-state index in [0.717, 1.165) is 12.0 Å². The van der Waals surface area contributed by atoms with E-state index in [2.05, 4.69) is 0 Å². The minimum Gasteiger partial charge on any atom is -0.466 e. The lowest BCUT2D eigenvalue weighted by Gasteiger charge is -2.29. The average molecular weight is 488 g/mol. The quantitative estimate of drug-likeness (QED) is 0.198. The molecule has 3 atom stereocenters. The number of nitrogens with zero attached hydrogens (tertiary/aromatic N) is 1. The Morgan fingerprint density at radius 1 is 1.09 bits per heavy atom. The first-order valence-corrected chi connectivity index (χ1v) is 12.3. The van der Waals surface area contributed by atoms with Gasteiger partial charge in [0.25, 0.3) is 0 Å². The second-order valence-electron chi connectivity index (χ2n) is 10.1. The molecule has 1 aromatic rings. The van der Waals surface area contributed by atoms with Crippen molar-refractivity contribution in [1.82, 2.24) is 4.90 Å². The topological polar surface area (TPSA) is 91.4 Å². The van der Waals surface area contributed by atoms with E-state index in [-0.39, 0.29) is 24.0 Å². The molecule has 2 aliphatic rings. The van der Waals surface area contributed by atoms with Crippen molar-refractivity contribution >= 4 is 18.0 Å². The lowest BCUT2D eigenvalue weighted by Crippen LogP contribution is -2.46. The number of benzene rings is 1. The largest absolute Gasteiger partial charge is 0.466 e. The molecule has 8 nitrogen and oxygen atoms in total. The Morgan fingerprint density at radius 2 is 1.83 bits per heavy atom. The van der Waals surface area contributed by atoms with Gasteiger partial charge in [0, 0.05) is 17.9 Å². The van der Waals surface area contributed by atoms with Crippen molar-refractivity contribution in [2.45, 2.75) is 77.7 Å². The minimum atomic E-state index is -0.698. The lowest BCUT2D eigenvalue weighted by atomic mass is 10.0. The number of rotatable bonds is 11. The minimum absolute atomic E-state index is 0.112. The van der Waals surface area contributed by atoms with Crippen LogP contribution in [0.25, 0.3) is 0 Å². The summed E-state index contributed by atoms with van der Waals surface area (Å²) in [6.07, 6.45) is 5.45. The molecule has 0 N–H and O–H groups in total. The van der Waals surface area contributed by atoms with Crippen LogP contribution in [0.15, 0.2) is 42.5 Å². The molecule has 1 aliphatic carbocycles. The zero-order valence-corrected chi connectivity index (χ0v) is 21.2. The molecule has 1 saturated carbocycles. The van der Waals surface area contributed by atoms with Crippen molar-refractivity contribution in [2.75, 3.05) is 19.8 Å². The Balaban J connectivity index is 1.55. The Morgan fingerprint density at radius 3 is 2.51 bits per heavy atom. The molecule has 0 bridgehead atoms. The van der Waals surface area contributed by atoms with Crippen molar-refractivity contribution in [3.05, 3.63) is 48.0 Å². The molecule has 192 valence electrons. The van der Waals surface area contributed by atoms with Gasteiger partial charge in [-0.1, -0.05) is 42.5 Å². The maximum Gasteiger partial charge on any atom is 0.411 e. The van der Waals surface area contributed by atoms with E-state index >= 15 is 0 Å². The molecule has 0 spiro atoms. The summed E-state index contributed by atoms with van der Waals surface area (Å²) in [5.74, 6) is -0.638. The number of hydrogen-bond acceptors (Lipinski definition) is 7. The van der Waals surface area contributed by atoms with Gasteiger partial charge >= 0.3 is 18.0 Å². The van der Waals surface area contributed by atoms with Crippen LogP contribution in [0.4, 0.5) is 4.79 Å². The van der Waals surface area contributed by atoms with Crippen LogP contribution >= 0.6 is 0 Å². The molecular weight excluding hydrogens is 450 g/mol. The third-order valence-electron chi connectivity index (χ3n) is 6.11. The second-order valence-corrected chi connectivity index (χ2v) is 10.1. The molecule has 8 heteroatoms. The first-order valence-electron chi connectivity index (χ1n) is 12.3. The van der Waals surface area contributed by atoms with Crippen LogP contribution in [0.3, 0.4) is 0 Å². The number of fused-ring (bicyclic) bond motifs is 1. The van der Waals surface area contributed by atoms with Gasteiger partial charge < -0.3 is 18.9 Å². The molecule has 35 heavy (non-hydrogen) atoms. The molecule has 1 amide bonds. The third-order valence-corrected chi connectivity index (χ3v) is 6.11. The van der Waals surface area contributed by atoms with E-state index in [1.54, 1.807) is 32.6 Å². The predicted octanol–water partition coefficient (Wildman–Crippen LogP) is 4.41. The number of allylic oxidation sites excluding steroid dienone is 1. The van der Waals surface area contributed by atoms with Gasteiger partial charge in [0.2, 0.25) is 0 Å². The number of piperidine rings is 1. The molecule has 1 aliphatic heterocycles. The van der Waals surface area contributed by atoms with Gasteiger partial charge in [0.15, 0.2) is 0 Å². The van der Waals surface area contributed by atoms with Crippen molar-refractivity contribution in [3.63, 3.8) is 0 Å². The van der Waals surface area contributed by atoms with Gasteiger partial charge in [0.05, 0.1) is 19.8 Å². The number of esters is 2. The summed E-state index contributed by atoms with van der Waals surface area (Å²) in [7, 11) is 0. The first kappa shape index (κ1) is 26.7. The molecule has 1 heterocycles. The highest BCUT2D eigenvalue weighted by Crippen LogP contribution is 2.60. The van der Waals surface area contributed by atoms with Crippen molar-refractivity contribution in [2.24, 2.45) is 5.41 Å². The monoisotopic (exact) mass is 487 g/mol. The molecule has 0 radical (unpaired) electrons. The predicted molar refractivity (Wildman–Crippen MR) is 129 cm³/mol. The van der Waals surface area contributed by atoms with Crippen LogP contribution in [0.1, 0.15) is 58.9 Å². The zero-order chi connectivity index (χ0) is 25.5. The average Bonchev–Trinajstić information content (AvgIpc) is 3.39. The van der Waals surface area contributed by atoms with Crippen LogP contribution < -0.4 is 0 Å². The SMILES string of the molecule is CCOC(=O)CC/C=C/COC[C@]12CC1N(C(=O)OC(C)(C)C)[C@H](C(=O)OCc1ccccc1)C2. The van der Waals surface area contributed by atoms with E-state index in [1.807, 2.05) is 42.5 Å². The van der Waals surface area contributed by atoms with Crippen LogP contribution in [0, 0.1) is 5.41 Å². The Kier molecular flexibility index (Phi) is 8.94. The Labute approximate surface area is 207 Å². The van der Waals surface area contributed by atoms with Gasteiger partial charge in [0.1, 0.15) is 18.2 Å². The smallest absolute Gasteiger partial charge is 0.411 e. The lowest BCUT2D eigenvalue weighted by molar-refractivity contribution is -0.151. The van der Waals surface area contributed by atoms with E-state index in [9.17, 15) is 14.4 Å². The summed E-state index contributed by atoms with van der Waals surface area (Å²) < 4.78 is 21.9. The van der Waals surface area contributed by atoms with E-state index in [0.29, 0.717) is 39.1 Å². The van der Waals surface area contributed by atoms with E-state index in [1.165, 1.54) is 0 Å². The van der Waals surface area contributed by atoms with E-state index in [4.69, 9.17) is 18.9 Å². The van der Waals surface area contributed by atoms with Gasteiger partial charge in [-0.3, -0.25) is 9.69 Å². The summed E-state index contributed by atoms with van der Waals surface area (Å²) in [5.41, 5.74) is -0.0484. The fraction of sp³-hybridized carbons (Fsp3) is 0.593. The molecule has 1 aromatic carbocycles. The molecule has 3 rings (SSSR count). The van der Waals surface area contributed by atoms with Gasteiger partial charge in [-0.15, -0.1) is 0 Å². The van der Waals surface area contributed by atoms with Crippen LogP contribution in [-0.2, 0) is 35.1 Å². The summed E-state index contributed by atoms with van der Waals surface area (Å²) >= 11 is 0. The Hall–Kier alpha value is -2.87. The number of likely N-dealkylation sites (tertiary alicyclic amines) is 1. The van der Waals surface area contributed by atoms with Crippen molar-refractivity contribution in [1.29, 1.82) is 0 Å². The zero-order valence-electron chi connectivity index (χ0n) is 21.2. The van der Waals surface area contributed by atoms with Crippen LogP contribution in [0.2, 0.25) is 0 Å². The number of carbonyl (C=O) groups is 3. The number of hydrogen-bond donors (Lipinski definition) is 0. The number of carbonyl (C=O) groups excluding carboxylic acids is 3. The maximum atomic E-state index is 13.0. The maximum absolute atomic E-state index is 13.0. The van der Waals surface area contributed by atoms with Gasteiger partial charge in [-0.05, 0) is 52.5 Å². The van der Waals surface area contributed by atoms with Crippen molar-refractivity contribution < 1.29 is 33.3 Å². The molecule has 1 unspecified atom stereocenters. The third kappa shape index (κ3) is 7.56. The number of ether oxygens (including phenoxy) is 4. The number of amides is 1. The molecule has 0 aromatic heterocycles. The van der Waals surface area contributed by atoms with E-state index < -0.39 is 23.7 Å². The fourth-order valence-corrected chi connectivity index (χ4v) is 4.39. The highest BCUT2D eigenvalue weighted by molar-refractivity contribution is 5.83. The first-order chi connectivity index (χ1) is 16.6. The van der Waals surface area contributed by atoms with Crippen LogP contribution in [-0.4, -0.2) is 60.4 Å². The normalized spacial score (nSPS) is 23.1. The Bertz CT molecular complexity index is 908. The summed E-state index contributed by atoms with van der Waals surface area (Å²) in [5, 5.41) is 0. The molecule has 1 saturated heterocycles. The molecular formula is C27H37NO7. The van der Waals surface area contributed by atoms with Gasteiger partial charge in [-0.25, -0.2) is 9.59 Å². The van der Waals surface area contributed by atoms with Crippen LogP contribution in [0.5, 0.6) is 0 Å².